The van der Waals surface area contributed by atoms with E-state index in [0.29, 0.717) is 18.1 Å². The average Bonchev–Trinajstić information content (AvgIpc) is 3.69. The molecule has 2 aromatic carbocycles. The van der Waals surface area contributed by atoms with Crippen LogP contribution < -0.4 is 15.1 Å². The Balaban J connectivity index is 0.842. The highest BCUT2D eigenvalue weighted by Gasteiger charge is 2.44. The third kappa shape index (κ3) is 6.12. The zero-order chi connectivity index (χ0) is 36.1. The second kappa shape index (κ2) is 13.8. The van der Waals surface area contributed by atoms with E-state index in [-0.39, 0.29) is 29.9 Å². The molecule has 14 heteroatoms. The summed E-state index contributed by atoms with van der Waals surface area (Å²) in [5.41, 5.74) is 5.92. The second-order valence-electron chi connectivity index (χ2n) is 13.8. The van der Waals surface area contributed by atoms with Gasteiger partial charge in [-0.25, -0.2) is 4.98 Å². The van der Waals surface area contributed by atoms with Gasteiger partial charge in [-0.15, -0.1) is 0 Å². The van der Waals surface area contributed by atoms with Crippen molar-refractivity contribution in [2.24, 2.45) is 0 Å². The summed E-state index contributed by atoms with van der Waals surface area (Å²) in [4.78, 5) is 81.2. The summed E-state index contributed by atoms with van der Waals surface area (Å²) in [7, 11) is 0. The Morgan fingerprint density at radius 2 is 1.62 bits per heavy atom. The largest absolute Gasteiger partial charge is 0.369 e. The van der Waals surface area contributed by atoms with Crippen LogP contribution in [-0.4, -0.2) is 119 Å². The number of hydrogen-bond acceptors (Lipinski definition) is 9. The van der Waals surface area contributed by atoms with Gasteiger partial charge in [0.05, 0.1) is 22.7 Å². The molecule has 3 saturated heterocycles. The van der Waals surface area contributed by atoms with Gasteiger partial charge in [-0.3, -0.25) is 44.0 Å². The van der Waals surface area contributed by atoms with Crippen molar-refractivity contribution in [1.82, 2.24) is 30.0 Å². The van der Waals surface area contributed by atoms with Crippen LogP contribution in [0.1, 0.15) is 46.0 Å². The summed E-state index contributed by atoms with van der Waals surface area (Å²) in [6.45, 7) is 8.55. The first-order valence-electron chi connectivity index (χ1n) is 17.8. The van der Waals surface area contributed by atoms with Gasteiger partial charge in [-0.05, 0) is 54.3 Å². The first-order valence-corrected chi connectivity index (χ1v) is 18.2. The number of amides is 5. The van der Waals surface area contributed by atoms with E-state index >= 15 is 0 Å². The SMILES string of the molecule is CCc1c[nH]c2ncc(-c3cccc(N4CCN(CCN5CCN(c6ccc7c(c6)C(=O)N(C6CCC(=O)NC6=O)C7=O)CC5)CC4=O)c3)c(Cl)c12. The van der Waals surface area contributed by atoms with Crippen LogP contribution in [0.3, 0.4) is 0 Å². The number of hydrogen-bond donors (Lipinski definition) is 2. The maximum Gasteiger partial charge on any atom is 0.262 e. The van der Waals surface area contributed by atoms with Crippen LogP contribution in [0.25, 0.3) is 22.2 Å². The van der Waals surface area contributed by atoms with Crippen molar-refractivity contribution < 1.29 is 24.0 Å². The standard InChI is InChI=1S/C38H39ClN8O5/c1-2-23-20-40-35-33(23)34(39)29(21-41-35)24-4-3-5-26(18-24)46-17-14-44(22-32(46)49)11-10-43-12-15-45(16-13-43)25-6-7-27-28(19-25)38(52)47(37(27)51)30-8-9-31(48)42-36(30)50/h3-7,18-21,30H,2,8-17,22H2,1H3,(H,40,41)(H,42,48,50). The van der Waals surface area contributed by atoms with E-state index in [1.54, 1.807) is 18.3 Å². The fourth-order valence-corrected chi connectivity index (χ4v) is 8.16. The summed E-state index contributed by atoms with van der Waals surface area (Å²) in [6.07, 6.45) is 4.80. The van der Waals surface area contributed by atoms with Crippen LogP contribution in [0, 0.1) is 0 Å². The summed E-state index contributed by atoms with van der Waals surface area (Å²) in [5.74, 6) is -1.95. The van der Waals surface area contributed by atoms with Crippen LogP contribution in [0.5, 0.6) is 0 Å². The fourth-order valence-electron chi connectivity index (χ4n) is 7.79. The van der Waals surface area contributed by atoms with Crippen LogP contribution in [0.15, 0.2) is 54.9 Å². The third-order valence-corrected chi connectivity index (χ3v) is 11.2. The number of piperazine rings is 2. The Morgan fingerprint density at radius 1 is 0.846 bits per heavy atom. The van der Waals surface area contributed by atoms with Gasteiger partial charge in [0.2, 0.25) is 17.7 Å². The molecule has 4 aromatic rings. The number of aromatic amines is 1. The van der Waals surface area contributed by atoms with Crippen LogP contribution >= 0.6 is 11.6 Å². The number of aryl methyl sites for hydroxylation is 1. The topological polar surface area (TPSA) is 142 Å². The molecule has 2 aromatic heterocycles. The molecule has 268 valence electrons. The minimum absolute atomic E-state index is 0.0626. The van der Waals surface area contributed by atoms with Gasteiger partial charge < -0.3 is 14.8 Å². The number of nitrogens with one attached hydrogen (secondary N) is 2. The molecule has 4 aliphatic rings. The number of piperidine rings is 1. The molecule has 8 rings (SSSR count). The van der Waals surface area contributed by atoms with Gasteiger partial charge in [-0.2, -0.15) is 0 Å². The molecule has 52 heavy (non-hydrogen) atoms. The van der Waals surface area contributed by atoms with Crippen molar-refractivity contribution in [3.63, 3.8) is 0 Å². The summed E-state index contributed by atoms with van der Waals surface area (Å²) < 4.78 is 0. The molecule has 1 unspecified atom stereocenters. The van der Waals surface area contributed by atoms with Gasteiger partial charge in [0, 0.05) is 93.5 Å². The van der Waals surface area contributed by atoms with E-state index in [1.165, 1.54) is 0 Å². The molecule has 0 saturated carbocycles. The Morgan fingerprint density at radius 3 is 2.38 bits per heavy atom. The number of imide groups is 2. The number of anilines is 2. The zero-order valence-corrected chi connectivity index (χ0v) is 29.6. The lowest BCUT2D eigenvalue weighted by Gasteiger charge is -2.38. The lowest BCUT2D eigenvalue weighted by molar-refractivity contribution is -0.136. The summed E-state index contributed by atoms with van der Waals surface area (Å²) >= 11 is 6.89. The molecular weight excluding hydrogens is 684 g/mol. The van der Waals surface area contributed by atoms with Crippen LogP contribution in [0.2, 0.25) is 5.02 Å². The van der Waals surface area contributed by atoms with E-state index in [4.69, 9.17) is 11.6 Å². The molecule has 4 aliphatic heterocycles. The molecule has 3 fully saturated rings. The average molecular weight is 723 g/mol. The third-order valence-electron chi connectivity index (χ3n) is 10.8. The van der Waals surface area contributed by atoms with Gasteiger partial charge in [-0.1, -0.05) is 30.7 Å². The highest BCUT2D eigenvalue weighted by atomic mass is 35.5. The zero-order valence-electron chi connectivity index (χ0n) is 28.9. The Labute approximate surface area is 305 Å². The number of pyridine rings is 1. The molecule has 1 atom stereocenters. The molecule has 13 nitrogen and oxygen atoms in total. The highest BCUT2D eigenvalue weighted by Crippen LogP contribution is 2.37. The number of nitrogens with zero attached hydrogens (tertiary/aromatic N) is 6. The Hall–Kier alpha value is -5.11. The van der Waals surface area contributed by atoms with Crippen LogP contribution in [0.4, 0.5) is 11.4 Å². The summed E-state index contributed by atoms with van der Waals surface area (Å²) in [5, 5.41) is 3.84. The first kappa shape index (κ1) is 34.0. The minimum Gasteiger partial charge on any atom is -0.369 e. The molecule has 0 spiro atoms. The maximum atomic E-state index is 13.4. The number of aromatic nitrogens is 2. The highest BCUT2D eigenvalue weighted by molar-refractivity contribution is 6.38. The fraction of sp³-hybridized carbons (Fsp3) is 0.368. The molecule has 0 radical (unpaired) electrons. The van der Waals surface area contributed by atoms with E-state index in [9.17, 15) is 24.0 Å². The van der Waals surface area contributed by atoms with E-state index < -0.39 is 29.7 Å². The predicted molar refractivity (Wildman–Crippen MR) is 196 cm³/mol. The van der Waals surface area contributed by atoms with Crippen molar-refractivity contribution in [1.29, 1.82) is 0 Å². The van der Waals surface area contributed by atoms with E-state index in [1.807, 2.05) is 41.4 Å². The van der Waals surface area contributed by atoms with Crippen molar-refractivity contribution in [3.8, 4) is 11.1 Å². The predicted octanol–water partition coefficient (Wildman–Crippen LogP) is 3.32. The van der Waals surface area contributed by atoms with Crippen molar-refractivity contribution in [2.45, 2.75) is 32.2 Å². The molecule has 0 aliphatic carbocycles. The molecule has 5 amide bonds. The number of halogens is 1. The quantitative estimate of drug-likeness (QED) is 0.262. The van der Waals surface area contributed by atoms with Gasteiger partial charge in [0.25, 0.3) is 11.8 Å². The Kier molecular flexibility index (Phi) is 9.02. The van der Waals surface area contributed by atoms with Gasteiger partial charge >= 0.3 is 0 Å². The number of fused-ring (bicyclic) bond motifs is 2. The molecule has 6 heterocycles. The number of carbonyl (C=O) groups excluding carboxylic acids is 5. The second-order valence-corrected chi connectivity index (χ2v) is 14.1. The minimum atomic E-state index is -0.982. The Bertz CT molecular complexity index is 2130. The van der Waals surface area contributed by atoms with Crippen molar-refractivity contribution in [3.05, 3.63) is 76.6 Å². The number of benzene rings is 2. The lowest BCUT2D eigenvalue weighted by Crippen LogP contribution is -2.54. The molecule has 0 bridgehead atoms. The smallest absolute Gasteiger partial charge is 0.262 e. The first-order chi connectivity index (χ1) is 25.2. The van der Waals surface area contributed by atoms with E-state index in [2.05, 4.69) is 36.9 Å². The number of carbonyl (C=O) groups is 5. The lowest BCUT2D eigenvalue weighted by atomic mass is 10.0. The van der Waals surface area contributed by atoms with Crippen molar-refractivity contribution >= 4 is 63.5 Å². The molecular formula is C38H39ClN8O5. The maximum absolute atomic E-state index is 13.4. The van der Waals surface area contributed by atoms with Gasteiger partial charge in [0.15, 0.2) is 0 Å². The monoisotopic (exact) mass is 722 g/mol. The van der Waals surface area contributed by atoms with Crippen molar-refractivity contribution in [2.75, 3.05) is 68.7 Å². The summed E-state index contributed by atoms with van der Waals surface area (Å²) in [6, 6.07) is 12.2. The molecule has 2 N–H and O–H groups in total. The van der Waals surface area contributed by atoms with Crippen LogP contribution in [-0.2, 0) is 20.8 Å². The van der Waals surface area contributed by atoms with Gasteiger partial charge in [0.1, 0.15) is 11.7 Å². The van der Waals surface area contributed by atoms with E-state index in [0.717, 1.165) is 96.2 Å². The number of H-pyrrole nitrogens is 1. The number of rotatable bonds is 8. The normalized spacial score (nSPS) is 20.3.